The number of halogens is 4. The van der Waals surface area contributed by atoms with E-state index < -0.39 is 173 Å². The van der Waals surface area contributed by atoms with Crippen molar-refractivity contribution in [2.45, 2.75) is 236 Å². The number of likely N-dealkylation sites (N-methyl/N-ethyl adjacent to an activating group) is 8. The van der Waals surface area contributed by atoms with Crippen LogP contribution >= 0.6 is 11.6 Å². The fourth-order valence-corrected chi connectivity index (χ4v) is 15.3. The molecule has 5 fully saturated rings. The van der Waals surface area contributed by atoms with E-state index in [1.54, 1.807) is 11.8 Å². The second-order valence-corrected chi connectivity index (χ2v) is 30.0. The molecule has 6 rings (SSSR count). The van der Waals surface area contributed by atoms with E-state index >= 15 is 19.2 Å². The molecule has 0 bridgehead atoms. The van der Waals surface area contributed by atoms with Crippen LogP contribution in [0.15, 0.2) is 18.2 Å². The maximum absolute atomic E-state index is 15.8. The predicted octanol–water partition coefficient (Wildman–Crippen LogP) is 6.28. The summed E-state index contributed by atoms with van der Waals surface area (Å²) in [6.45, 7) is 7.81. The van der Waals surface area contributed by atoms with Crippen molar-refractivity contribution in [2.24, 2.45) is 23.7 Å². The molecule has 3 saturated carbocycles. The van der Waals surface area contributed by atoms with Crippen molar-refractivity contribution in [1.29, 1.82) is 0 Å². The maximum atomic E-state index is 15.8. The molecule has 1 aromatic carbocycles. The van der Waals surface area contributed by atoms with Gasteiger partial charge in [-0.15, -0.1) is 0 Å². The smallest absolute Gasteiger partial charge is 0.343 e. The van der Waals surface area contributed by atoms with Crippen LogP contribution in [0.2, 0.25) is 5.02 Å². The van der Waals surface area contributed by atoms with Gasteiger partial charge in [-0.1, -0.05) is 116 Å². The Balaban J connectivity index is 1.43. The molecule has 24 nitrogen and oxygen atoms in total. The first-order valence-corrected chi connectivity index (χ1v) is 36.5. The highest BCUT2D eigenvalue weighted by molar-refractivity contribution is 6.31. The molecular formula is C72H112ClF3N12O12. The number of alkyl halides is 3. The van der Waals surface area contributed by atoms with Crippen LogP contribution in [-0.2, 0) is 70.1 Å². The van der Waals surface area contributed by atoms with Crippen LogP contribution in [0.25, 0.3) is 0 Å². The lowest BCUT2D eigenvalue weighted by Crippen LogP contribution is -2.65. The van der Waals surface area contributed by atoms with E-state index in [1.807, 2.05) is 20.8 Å². The summed E-state index contributed by atoms with van der Waals surface area (Å²) in [5, 5.41) is 8.03. The number of carbonyl (C=O) groups excluding carboxylic acids is 12. The second-order valence-electron chi connectivity index (χ2n) is 29.6. The first-order chi connectivity index (χ1) is 47.0. The molecule has 3 N–H and O–H groups in total. The molecule has 28 heteroatoms. The standard InChI is InChI=1S/C72H112ClF3N12O12/c1-14-46(4)61-68(98)82(8)43-59(91)80(6)44-60(92)85(11)55(40-48-26-18-15-19-27-48)66(96)81(7)42-57(89)77-53(33-31-49-30-32-51(52(73)39-49)72(74,75)76)65(95)83(9)47(5)63(93)79-71(34-22-23-35-71)70(100)87(13)62(50-28-20-16-21-29-50)69(99)86(12)56(67(97)88-36-24-17-25-37-88)41-58(90)84(10)54(38-45(2)3)64(94)78-61/h30,32,39,45-48,50,53-56,61-62H,14-29,31,33-38,40-44H2,1-13H3,(H,77,89)(H,78,94)(H,79,93)/t46-,47-,53-,54-,55-,56-,61-,62-/m0/s1. The van der Waals surface area contributed by atoms with Gasteiger partial charge in [0.25, 0.3) is 0 Å². The number of piperidine rings is 1. The van der Waals surface area contributed by atoms with Gasteiger partial charge in [0.15, 0.2) is 0 Å². The number of rotatable bonds is 11. The van der Waals surface area contributed by atoms with Gasteiger partial charge in [-0.05, 0) is 119 Å². The van der Waals surface area contributed by atoms with E-state index in [0.717, 1.165) is 89.5 Å². The van der Waals surface area contributed by atoms with Crippen molar-refractivity contribution >= 4 is 82.5 Å². The van der Waals surface area contributed by atoms with Crippen LogP contribution in [0.3, 0.4) is 0 Å². The van der Waals surface area contributed by atoms with Crippen LogP contribution in [0.1, 0.15) is 187 Å². The summed E-state index contributed by atoms with van der Waals surface area (Å²) >= 11 is 6.13. The molecule has 1 spiro atoms. The summed E-state index contributed by atoms with van der Waals surface area (Å²) < 4.78 is 41.5. The minimum Gasteiger partial charge on any atom is -0.343 e. The van der Waals surface area contributed by atoms with E-state index in [-0.39, 0.29) is 55.9 Å². The van der Waals surface area contributed by atoms with Gasteiger partial charge in [-0.2, -0.15) is 13.2 Å². The molecule has 2 aliphatic heterocycles. The number of hydrogen-bond acceptors (Lipinski definition) is 12. The van der Waals surface area contributed by atoms with E-state index in [0.29, 0.717) is 58.0 Å². The minimum absolute atomic E-state index is 0.0144. The fourth-order valence-electron chi connectivity index (χ4n) is 15.0. The average Bonchev–Trinajstić information content (AvgIpc) is 1.37. The van der Waals surface area contributed by atoms with Gasteiger partial charge in [0.2, 0.25) is 70.9 Å². The highest BCUT2D eigenvalue weighted by Gasteiger charge is 2.51. The maximum Gasteiger partial charge on any atom is 0.417 e. The topological polar surface area (TPSA) is 270 Å². The number of carbonyl (C=O) groups is 12. The Kier molecular flexibility index (Phi) is 30.1. The third-order valence-electron chi connectivity index (χ3n) is 21.8. The Morgan fingerprint density at radius 2 is 1.19 bits per heavy atom. The molecule has 3 aliphatic carbocycles. The van der Waals surface area contributed by atoms with Gasteiger partial charge >= 0.3 is 6.18 Å². The van der Waals surface area contributed by atoms with E-state index in [2.05, 4.69) is 16.0 Å². The molecule has 100 heavy (non-hydrogen) atoms. The number of aryl methyl sites for hydroxylation is 1. The molecule has 0 aromatic heterocycles. The summed E-state index contributed by atoms with van der Waals surface area (Å²) in [6, 6.07) is -5.81. The minimum atomic E-state index is -4.76. The number of benzene rings is 1. The number of nitrogens with zero attached hydrogens (tertiary/aromatic N) is 9. The van der Waals surface area contributed by atoms with Crippen LogP contribution in [0, 0.1) is 23.7 Å². The van der Waals surface area contributed by atoms with E-state index in [4.69, 9.17) is 11.6 Å². The first kappa shape index (κ1) is 81.9. The van der Waals surface area contributed by atoms with Crippen LogP contribution < -0.4 is 16.0 Å². The van der Waals surface area contributed by atoms with Gasteiger partial charge in [0.05, 0.1) is 36.6 Å². The number of amides is 12. The molecule has 8 atom stereocenters. The summed E-state index contributed by atoms with van der Waals surface area (Å²) in [5.74, 6) is -9.00. The second kappa shape index (κ2) is 36.7. The van der Waals surface area contributed by atoms with Crippen molar-refractivity contribution < 1.29 is 70.7 Å². The molecule has 1 aromatic rings. The van der Waals surface area contributed by atoms with Gasteiger partial charge in [-0.25, -0.2) is 0 Å². The lowest BCUT2D eigenvalue weighted by Gasteiger charge is -2.43. The number of likely N-dealkylation sites (tertiary alicyclic amines) is 1. The molecule has 5 aliphatic rings. The van der Waals surface area contributed by atoms with Crippen LogP contribution in [0.5, 0.6) is 0 Å². The van der Waals surface area contributed by atoms with Gasteiger partial charge < -0.3 is 60.0 Å². The van der Waals surface area contributed by atoms with Crippen molar-refractivity contribution in [3.63, 3.8) is 0 Å². The fraction of sp³-hybridized carbons (Fsp3) is 0.750. The summed E-state index contributed by atoms with van der Waals surface area (Å²) in [6.07, 6.45) is 6.41. The van der Waals surface area contributed by atoms with Crippen molar-refractivity contribution in [2.75, 3.05) is 89.1 Å². The first-order valence-electron chi connectivity index (χ1n) is 36.2. The Hall–Kier alpha value is -7.06. The molecule has 12 amide bonds. The van der Waals surface area contributed by atoms with Crippen LogP contribution in [0.4, 0.5) is 13.2 Å². The van der Waals surface area contributed by atoms with Crippen molar-refractivity contribution in [3.05, 3.63) is 34.3 Å². The Bertz CT molecular complexity index is 3080. The SMILES string of the molecule is CC[C@H](C)[C@@H]1NC(=O)[C@H](CC(C)C)N(C)C(=O)C[C@@H](C(=O)N2CCCCC2)N(C)C(=O)[C@H](C2CCCCC2)N(C)C(=O)C2(CCCC2)NC(=O)[C@H](C)N(C)C(=O)[C@H](CCc2ccc(C(F)(F)F)c(Cl)c2)NC(=O)CN(C)C(=O)[C@H](CC2CCCCC2)N(C)C(=O)CN(C)C(=O)CN(C)C1=O. The summed E-state index contributed by atoms with van der Waals surface area (Å²) in [7, 11) is 11.3. The zero-order chi connectivity index (χ0) is 74.2. The summed E-state index contributed by atoms with van der Waals surface area (Å²) in [4.78, 5) is 190. The Morgan fingerprint density at radius 3 is 1.77 bits per heavy atom. The Labute approximate surface area is 594 Å². The number of nitrogens with one attached hydrogen (secondary N) is 3. The highest BCUT2D eigenvalue weighted by atomic mass is 35.5. The lowest BCUT2D eigenvalue weighted by molar-refractivity contribution is -0.157. The van der Waals surface area contributed by atoms with Gasteiger partial charge in [0.1, 0.15) is 47.8 Å². The number of hydrogen-bond donors (Lipinski definition) is 3. The third-order valence-corrected chi connectivity index (χ3v) is 22.1. The van der Waals surface area contributed by atoms with E-state index in [1.165, 1.54) is 89.0 Å². The average molecular weight is 1430 g/mol. The zero-order valence-electron chi connectivity index (χ0n) is 61.3. The molecule has 2 saturated heterocycles. The quantitative estimate of drug-likeness (QED) is 0.221. The Morgan fingerprint density at radius 1 is 0.620 bits per heavy atom. The molecule has 560 valence electrons. The van der Waals surface area contributed by atoms with Crippen LogP contribution in [-0.4, -0.2) is 252 Å². The molecule has 0 unspecified atom stereocenters. The van der Waals surface area contributed by atoms with Gasteiger partial charge in [-0.3, -0.25) is 57.5 Å². The van der Waals surface area contributed by atoms with Crippen molar-refractivity contribution in [3.8, 4) is 0 Å². The monoisotopic (exact) mass is 1430 g/mol. The normalized spacial score (nSPS) is 26.4. The van der Waals surface area contributed by atoms with Gasteiger partial charge in [0, 0.05) is 69.5 Å². The predicted molar refractivity (Wildman–Crippen MR) is 371 cm³/mol. The largest absolute Gasteiger partial charge is 0.417 e. The molecule has 2 heterocycles. The van der Waals surface area contributed by atoms with Crippen molar-refractivity contribution in [1.82, 2.24) is 60.0 Å². The third kappa shape index (κ3) is 21.1. The molecular weight excluding hydrogens is 1320 g/mol. The zero-order valence-corrected chi connectivity index (χ0v) is 62.1. The van der Waals surface area contributed by atoms with E-state index in [9.17, 15) is 51.5 Å². The lowest BCUT2D eigenvalue weighted by atomic mass is 9.81. The molecule has 0 radical (unpaired) electrons. The summed E-state index contributed by atoms with van der Waals surface area (Å²) in [5.41, 5.74) is -2.39. The highest BCUT2D eigenvalue weighted by Crippen LogP contribution is 2.38.